The normalized spacial score (nSPS) is 8.15. The summed E-state index contributed by atoms with van der Waals surface area (Å²) >= 11 is 0. The van der Waals surface area contributed by atoms with Gasteiger partial charge in [-0.15, -0.1) is 12.4 Å². The van der Waals surface area contributed by atoms with Crippen molar-refractivity contribution < 1.29 is 19.5 Å². The van der Waals surface area contributed by atoms with Crippen molar-refractivity contribution in [2.75, 3.05) is 18.0 Å². The molecule has 0 spiro atoms. The number of benzene rings is 1. The standard InChI is InChI=1S/C10H15N.ClH.Zn/c1-3-11(4-2)10-8-6-5-7-9-10;;/h5-9H,3-4H2,1-2H3;1H;. The molecular formula is C10H16ClNZn. The number of nitrogens with zero attached hydrogens (tertiary/aromatic N) is 1. The molecule has 70 valence electrons. The molecule has 0 radical (unpaired) electrons. The molecule has 13 heavy (non-hydrogen) atoms. The topological polar surface area (TPSA) is 3.24 Å². The Balaban J connectivity index is 0. The second-order valence-corrected chi connectivity index (χ2v) is 2.51. The van der Waals surface area contributed by atoms with Gasteiger partial charge in [-0.2, -0.15) is 0 Å². The maximum absolute atomic E-state index is 2.33. The van der Waals surface area contributed by atoms with Crippen LogP contribution in [-0.2, 0) is 19.5 Å². The molecular weight excluding hydrogens is 235 g/mol. The van der Waals surface area contributed by atoms with Crippen molar-refractivity contribution >= 4 is 18.1 Å². The number of hydrogen-bond acceptors (Lipinski definition) is 1. The predicted octanol–water partition coefficient (Wildman–Crippen LogP) is 2.95. The van der Waals surface area contributed by atoms with E-state index in [9.17, 15) is 0 Å². The Morgan fingerprint density at radius 3 is 1.85 bits per heavy atom. The number of rotatable bonds is 3. The van der Waals surface area contributed by atoms with E-state index in [1.165, 1.54) is 5.69 Å². The SMILES string of the molecule is CCN(CC)c1ccccc1.Cl.[Zn]. The Kier molecular flexibility index (Phi) is 10.1. The van der Waals surface area contributed by atoms with Gasteiger partial charge >= 0.3 is 0 Å². The molecule has 0 bridgehead atoms. The van der Waals surface area contributed by atoms with Crippen LogP contribution >= 0.6 is 12.4 Å². The second-order valence-electron chi connectivity index (χ2n) is 2.51. The van der Waals surface area contributed by atoms with E-state index in [2.05, 4.69) is 43.0 Å². The van der Waals surface area contributed by atoms with Crippen LogP contribution < -0.4 is 4.90 Å². The molecule has 0 heterocycles. The summed E-state index contributed by atoms with van der Waals surface area (Å²) in [6.45, 7) is 6.52. The third-order valence-electron chi connectivity index (χ3n) is 1.88. The average molecular weight is 251 g/mol. The van der Waals surface area contributed by atoms with E-state index < -0.39 is 0 Å². The third-order valence-corrected chi connectivity index (χ3v) is 1.88. The molecule has 0 aliphatic carbocycles. The number of anilines is 1. The maximum atomic E-state index is 2.33. The van der Waals surface area contributed by atoms with Gasteiger partial charge in [0.1, 0.15) is 0 Å². The number of halogens is 1. The molecule has 0 N–H and O–H groups in total. The van der Waals surface area contributed by atoms with Crippen LogP contribution in [0, 0.1) is 0 Å². The van der Waals surface area contributed by atoms with Gasteiger partial charge in [0.05, 0.1) is 0 Å². The molecule has 0 saturated carbocycles. The molecule has 0 saturated heterocycles. The van der Waals surface area contributed by atoms with Crippen molar-refractivity contribution in [1.29, 1.82) is 0 Å². The first kappa shape index (κ1) is 15.4. The summed E-state index contributed by atoms with van der Waals surface area (Å²) in [6.07, 6.45) is 0. The fraction of sp³-hybridized carbons (Fsp3) is 0.400. The van der Waals surface area contributed by atoms with E-state index in [0.29, 0.717) is 0 Å². The zero-order valence-corrected chi connectivity index (χ0v) is 12.1. The van der Waals surface area contributed by atoms with Crippen molar-refractivity contribution in [3.05, 3.63) is 30.3 Å². The van der Waals surface area contributed by atoms with E-state index in [1.807, 2.05) is 6.07 Å². The largest absolute Gasteiger partial charge is 0.372 e. The van der Waals surface area contributed by atoms with E-state index in [1.54, 1.807) is 0 Å². The quantitative estimate of drug-likeness (QED) is 0.746. The van der Waals surface area contributed by atoms with Crippen molar-refractivity contribution in [2.24, 2.45) is 0 Å². The van der Waals surface area contributed by atoms with E-state index in [4.69, 9.17) is 0 Å². The van der Waals surface area contributed by atoms with Gasteiger partial charge in [-0.25, -0.2) is 0 Å². The summed E-state index contributed by atoms with van der Waals surface area (Å²) < 4.78 is 0. The Labute approximate surface area is 99.7 Å². The van der Waals surface area contributed by atoms with E-state index >= 15 is 0 Å². The maximum Gasteiger partial charge on any atom is 0.0365 e. The number of para-hydroxylation sites is 1. The summed E-state index contributed by atoms with van der Waals surface area (Å²) in [7, 11) is 0. The van der Waals surface area contributed by atoms with E-state index in [0.717, 1.165) is 13.1 Å². The minimum atomic E-state index is 0. The van der Waals surface area contributed by atoms with Gasteiger partial charge in [0.15, 0.2) is 0 Å². The molecule has 0 aliphatic rings. The summed E-state index contributed by atoms with van der Waals surface area (Å²) in [5, 5.41) is 0. The fourth-order valence-corrected chi connectivity index (χ4v) is 1.23. The fourth-order valence-electron chi connectivity index (χ4n) is 1.23. The molecule has 3 heteroatoms. The summed E-state index contributed by atoms with van der Waals surface area (Å²) in [6, 6.07) is 10.5. The van der Waals surface area contributed by atoms with Crippen LogP contribution in [0.4, 0.5) is 5.69 Å². The van der Waals surface area contributed by atoms with Crippen molar-refractivity contribution in [1.82, 2.24) is 0 Å². The van der Waals surface area contributed by atoms with Gasteiger partial charge in [-0.3, -0.25) is 0 Å². The third kappa shape index (κ3) is 4.64. The predicted molar refractivity (Wildman–Crippen MR) is 57.3 cm³/mol. The van der Waals surface area contributed by atoms with Crippen LogP contribution in [-0.4, -0.2) is 13.1 Å². The first-order valence-electron chi connectivity index (χ1n) is 4.18. The second kappa shape index (κ2) is 8.53. The Bertz CT molecular complexity index is 199. The zero-order chi connectivity index (χ0) is 8.10. The first-order chi connectivity index (χ1) is 5.38. The van der Waals surface area contributed by atoms with Crippen molar-refractivity contribution in [3.63, 3.8) is 0 Å². The van der Waals surface area contributed by atoms with Crippen molar-refractivity contribution in [3.8, 4) is 0 Å². The number of hydrogen-bond donors (Lipinski definition) is 0. The molecule has 1 nitrogen and oxygen atoms in total. The van der Waals surface area contributed by atoms with Gasteiger partial charge in [0.25, 0.3) is 0 Å². The molecule has 0 fully saturated rings. The van der Waals surface area contributed by atoms with Crippen LogP contribution in [0.3, 0.4) is 0 Å². The van der Waals surface area contributed by atoms with E-state index in [-0.39, 0.29) is 31.9 Å². The van der Waals surface area contributed by atoms with Crippen LogP contribution in [0.25, 0.3) is 0 Å². The first-order valence-corrected chi connectivity index (χ1v) is 4.18. The Hall–Kier alpha value is -0.0666. The Morgan fingerprint density at radius 1 is 1.00 bits per heavy atom. The smallest absolute Gasteiger partial charge is 0.0365 e. The molecule has 0 aliphatic heterocycles. The van der Waals surface area contributed by atoms with Crippen LogP contribution in [0.2, 0.25) is 0 Å². The summed E-state index contributed by atoms with van der Waals surface area (Å²) in [5.74, 6) is 0. The van der Waals surface area contributed by atoms with Gasteiger partial charge in [0, 0.05) is 38.3 Å². The monoisotopic (exact) mass is 249 g/mol. The molecule has 1 rings (SSSR count). The molecule has 0 amide bonds. The van der Waals surface area contributed by atoms with Gasteiger partial charge in [-0.1, -0.05) is 18.2 Å². The molecule has 1 aromatic rings. The minimum absolute atomic E-state index is 0. The molecule has 0 aromatic heterocycles. The Morgan fingerprint density at radius 2 is 1.46 bits per heavy atom. The van der Waals surface area contributed by atoms with Gasteiger partial charge in [0.2, 0.25) is 0 Å². The minimum Gasteiger partial charge on any atom is -0.372 e. The van der Waals surface area contributed by atoms with Crippen LogP contribution in [0.1, 0.15) is 13.8 Å². The molecule has 0 unspecified atom stereocenters. The van der Waals surface area contributed by atoms with Gasteiger partial charge < -0.3 is 4.90 Å². The average Bonchev–Trinajstić information content (AvgIpc) is 2.09. The van der Waals surface area contributed by atoms with Crippen LogP contribution in [0.15, 0.2) is 30.3 Å². The van der Waals surface area contributed by atoms with Gasteiger partial charge in [-0.05, 0) is 26.0 Å². The molecule has 0 atom stereocenters. The summed E-state index contributed by atoms with van der Waals surface area (Å²) in [5.41, 5.74) is 1.32. The summed E-state index contributed by atoms with van der Waals surface area (Å²) in [4.78, 5) is 2.33. The molecule has 1 aromatic carbocycles. The van der Waals surface area contributed by atoms with Crippen LogP contribution in [0.5, 0.6) is 0 Å². The van der Waals surface area contributed by atoms with Crippen molar-refractivity contribution in [2.45, 2.75) is 13.8 Å². The zero-order valence-electron chi connectivity index (χ0n) is 8.36.